The summed E-state index contributed by atoms with van der Waals surface area (Å²) >= 11 is 0. The van der Waals surface area contributed by atoms with Gasteiger partial charge in [-0.25, -0.2) is 4.79 Å². The minimum absolute atomic E-state index is 0.00938. The molecule has 9 nitrogen and oxygen atoms in total. The molecule has 46 heavy (non-hydrogen) atoms. The Labute approximate surface area is 267 Å². The van der Waals surface area contributed by atoms with Gasteiger partial charge in [-0.05, 0) is 68.0 Å². The summed E-state index contributed by atoms with van der Waals surface area (Å²) in [6, 6.07) is 20.8. The second-order valence-electron chi connectivity index (χ2n) is 12.7. The fraction of sp³-hybridized carbons (Fsp3) is 0.351. The summed E-state index contributed by atoms with van der Waals surface area (Å²) in [5, 5.41) is 4.07. The molecule has 1 saturated carbocycles. The Bertz CT molecular complexity index is 1780. The molecule has 2 saturated heterocycles. The lowest BCUT2D eigenvalue weighted by Gasteiger charge is -2.34. The van der Waals surface area contributed by atoms with Crippen LogP contribution < -0.4 is 19.5 Å². The van der Waals surface area contributed by atoms with Gasteiger partial charge < -0.3 is 19.5 Å². The number of hydrogen-bond acceptors (Lipinski definition) is 8. The highest BCUT2D eigenvalue weighted by Gasteiger charge is 2.54. The number of carbonyl (C=O) groups is 3. The largest absolute Gasteiger partial charge is 0.493 e. The van der Waals surface area contributed by atoms with Crippen LogP contribution in [0.5, 0.6) is 23.0 Å². The van der Waals surface area contributed by atoms with Gasteiger partial charge in [0.2, 0.25) is 0 Å². The summed E-state index contributed by atoms with van der Waals surface area (Å²) in [5.41, 5.74) is 2.65. The standard InChI is InChI=1S/C37H37N3O6/c1-23-3-5-24(6-4-23)17-34(41)37(14-15-37)35(42)18-25-7-11-28(12-8-25)45-31-13-16-39-30-20-33(32(44-2)19-29(30)31)46-36(43)40-26-9-10-27(40)22-38-21-26/h3-8,11-13,16,19-20,26-27,38H,9-10,14-15,17-18,21-22H2,1-2H3. The number of aromatic nitrogens is 1. The van der Waals surface area contributed by atoms with E-state index in [9.17, 15) is 14.4 Å². The lowest BCUT2D eigenvalue weighted by Crippen LogP contribution is -2.55. The topological polar surface area (TPSA) is 107 Å². The van der Waals surface area contributed by atoms with Crippen molar-refractivity contribution in [1.82, 2.24) is 15.2 Å². The number of aryl methyl sites for hydroxylation is 1. The molecule has 2 unspecified atom stereocenters. The van der Waals surface area contributed by atoms with Crippen LogP contribution in [-0.4, -0.2) is 59.8 Å². The van der Waals surface area contributed by atoms with Crippen LogP contribution in [0, 0.1) is 12.3 Å². The Hall–Kier alpha value is -4.76. The van der Waals surface area contributed by atoms with Crippen LogP contribution in [0.25, 0.3) is 10.9 Å². The maximum Gasteiger partial charge on any atom is 0.415 e. The second kappa shape index (κ2) is 12.2. The summed E-state index contributed by atoms with van der Waals surface area (Å²) in [4.78, 5) is 45.9. The highest BCUT2D eigenvalue weighted by atomic mass is 16.6. The number of hydrogen-bond donors (Lipinski definition) is 1. The zero-order valence-corrected chi connectivity index (χ0v) is 26.1. The molecule has 236 valence electrons. The average Bonchev–Trinajstić information content (AvgIpc) is 3.84. The van der Waals surface area contributed by atoms with Gasteiger partial charge in [0.1, 0.15) is 11.5 Å². The number of rotatable bonds is 10. The minimum Gasteiger partial charge on any atom is -0.493 e. The first kappa shape index (κ1) is 29.9. The maximum atomic E-state index is 13.3. The first-order chi connectivity index (χ1) is 22.3. The quantitative estimate of drug-likeness (QED) is 0.216. The number of benzene rings is 3. The summed E-state index contributed by atoms with van der Waals surface area (Å²) in [7, 11) is 1.53. The third kappa shape index (κ3) is 5.83. The number of methoxy groups -OCH3 is 1. The Balaban J connectivity index is 1.02. The van der Waals surface area contributed by atoms with Crippen LogP contribution in [0.1, 0.15) is 42.4 Å². The number of ketones is 2. The molecular weight excluding hydrogens is 582 g/mol. The fourth-order valence-corrected chi connectivity index (χ4v) is 6.74. The number of amides is 1. The van der Waals surface area contributed by atoms with Crippen LogP contribution in [0.15, 0.2) is 72.9 Å². The SMILES string of the molecule is COc1cc2c(Oc3ccc(CC(=O)C4(C(=O)Cc5ccc(C)cc5)CC4)cc3)ccnc2cc1OC(=O)N1C2CCC1CNC2. The number of ether oxygens (including phenoxy) is 3. The smallest absolute Gasteiger partial charge is 0.415 e. The Morgan fingerprint density at radius 2 is 1.48 bits per heavy atom. The van der Waals surface area contributed by atoms with E-state index >= 15 is 0 Å². The third-order valence-electron chi connectivity index (χ3n) is 9.59. The molecule has 3 aliphatic rings. The van der Waals surface area contributed by atoms with Gasteiger partial charge in [0.15, 0.2) is 23.1 Å². The van der Waals surface area contributed by atoms with Gasteiger partial charge in [0.25, 0.3) is 0 Å². The van der Waals surface area contributed by atoms with E-state index < -0.39 is 5.41 Å². The van der Waals surface area contributed by atoms with Gasteiger partial charge in [0.05, 0.1) is 18.0 Å². The second-order valence-corrected chi connectivity index (χ2v) is 12.7. The van der Waals surface area contributed by atoms with Crippen LogP contribution in [0.2, 0.25) is 0 Å². The molecule has 4 aromatic rings. The molecular formula is C37H37N3O6. The van der Waals surface area contributed by atoms with E-state index in [-0.39, 0.29) is 42.6 Å². The van der Waals surface area contributed by atoms with Gasteiger partial charge in [-0.3, -0.25) is 19.5 Å². The van der Waals surface area contributed by atoms with E-state index in [2.05, 4.69) is 10.3 Å². The highest BCUT2D eigenvalue weighted by Crippen LogP contribution is 2.49. The monoisotopic (exact) mass is 619 g/mol. The van der Waals surface area contributed by atoms with Gasteiger partial charge in [-0.2, -0.15) is 0 Å². The van der Waals surface area contributed by atoms with Crippen LogP contribution in [0.3, 0.4) is 0 Å². The van der Waals surface area contributed by atoms with Crippen molar-refractivity contribution in [3.63, 3.8) is 0 Å². The summed E-state index contributed by atoms with van der Waals surface area (Å²) < 4.78 is 17.7. The average molecular weight is 620 g/mol. The number of carbonyl (C=O) groups excluding carboxylic acids is 3. The number of nitrogens with zero attached hydrogens (tertiary/aromatic N) is 2. The van der Waals surface area contributed by atoms with Crippen molar-refractivity contribution >= 4 is 28.6 Å². The predicted molar refractivity (Wildman–Crippen MR) is 173 cm³/mol. The molecule has 3 fully saturated rings. The van der Waals surface area contributed by atoms with E-state index in [1.54, 1.807) is 24.4 Å². The highest BCUT2D eigenvalue weighted by molar-refractivity contribution is 6.11. The van der Waals surface area contributed by atoms with E-state index in [0.717, 1.165) is 42.6 Å². The van der Waals surface area contributed by atoms with Crippen molar-refractivity contribution in [2.75, 3.05) is 20.2 Å². The molecule has 1 amide bonds. The van der Waals surface area contributed by atoms with Crippen LogP contribution >= 0.6 is 0 Å². The number of fused-ring (bicyclic) bond motifs is 3. The van der Waals surface area contributed by atoms with Crippen molar-refractivity contribution in [2.45, 2.75) is 57.5 Å². The summed E-state index contributed by atoms with van der Waals surface area (Å²) in [5.74, 6) is 1.85. The third-order valence-corrected chi connectivity index (χ3v) is 9.59. The molecule has 0 radical (unpaired) electrons. The lowest BCUT2D eigenvalue weighted by molar-refractivity contribution is -0.133. The molecule has 3 heterocycles. The molecule has 0 spiro atoms. The van der Waals surface area contributed by atoms with Crippen molar-refractivity contribution in [3.8, 4) is 23.0 Å². The molecule has 2 bridgehead atoms. The van der Waals surface area contributed by atoms with E-state index in [4.69, 9.17) is 14.2 Å². The lowest BCUT2D eigenvalue weighted by atomic mass is 9.88. The number of Topliss-reactive ketones (excluding diaryl/α,β-unsaturated/α-hetero) is 2. The van der Waals surface area contributed by atoms with Crippen LogP contribution in [-0.2, 0) is 22.4 Å². The molecule has 3 aromatic carbocycles. The van der Waals surface area contributed by atoms with E-state index in [0.29, 0.717) is 46.7 Å². The number of nitrogens with one attached hydrogen (secondary N) is 1. The molecule has 1 N–H and O–H groups in total. The zero-order chi connectivity index (χ0) is 31.8. The van der Waals surface area contributed by atoms with Gasteiger partial charge >= 0.3 is 6.09 Å². The van der Waals surface area contributed by atoms with Crippen molar-refractivity contribution in [2.24, 2.45) is 5.41 Å². The zero-order valence-electron chi connectivity index (χ0n) is 26.1. The predicted octanol–water partition coefficient (Wildman–Crippen LogP) is 5.98. The van der Waals surface area contributed by atoms with Crippen molar-refractivity contribution < 1.29 is 28.6 Å². The van der Waals surface area contributed by atoms with E-state index in [1.165, 1.54) is 7.11 Å². The maximum absolute atomic E-state index is 13.3. The van der Waals surface area contributed by atoms with Gasteiger partial charge in [-0.15, -0.1) is 0 Å². The van der Waals surface area contributed by atoms with E-state index in [1.807, 2.05) is 60.4 Å². The molecule has 9 heteroatoms. The first-order valence-corrected chi connectivity index (χ1v) is 15.9. The number of pyridine rings is 1. The molecule has 2 aliphatic heterocycles. The Kier molecular flexibility index (Phi) is 7.94. The van der Waals surface area contributed by atoms with Crippen molar-refractivity contribution in [1.29, 1.82) is 0 Å². The van der Waals surface area contributed by atoms with Crippen molar-refractivity contribution in [3.05, 3.63) is 89.6 Å². The minimum atomic E-state index is -0.854. The van der Waals surface area contributed by atoms with Gasteiger partial charge in [0, 0.05) is 55.7 Å². The molecule has 2 atom stereocenters. The normalized spacial score (nSPS) is 19.5. The Morgan fingerprint density at radius 3 is 2.09 bits per heavy atom. The molecule has 7 rings (SSSR count). The molecule has 1 aromatic heterocycles. The molecule has 1 aliphatic carbocycles. The first-order valence-electron chi connectivity index (χ1n) is 15.9. The van der Waals surface area contributed by atoms with Gasteiger partial charge in [-0.1, -0.05) is 42.0 Å². The van der Waals surface area contributed by atoms with Crippen LogP contribution in [0.4, 0.5) is 4.79 Å². The summed E-state index contributed by atoms with van der Waals surface area (Å²) in [6.07, 6.45) is 4.92. The summed E-state index contributed by atoms with van der Waals surface area (Å²) in [6.45, 7) is 3.56. The fourth-order valence-electron chi connectivity index (χ4n) is 6.74. The Morgan fingerprint density at radius 1 is 0.848 bits per heavy atom. The number of piperazine rings is 1.